The van der Waals surface area contributed by atoms with E-state index in [1.165, 1.54) is 6.07 Å². The Labute approximate surface area is 106 Å². The molecule has 0 aliphatic rings. The summed E-state index contributed by atoms with van der Waals surface area (Å²) in [5, 5.41) is 17.9. The van der Waals surface area contributed by atoms with Gasteiger partial charge in [0.2, 0.25) is 9.05 Å². The van der Waals surface area contributed by atoms with Crippen molar-refractivity contribution in [3.63, 3.8) is 0 Å². The first kappa shape index (κ1) is 13.2. The summed E-state index contributed by atoms with van der Waals surface area (Å²) in [6, 6.07) is 4.56. The zero-order valence-electron chi connectivity index (χ0n) is 7.39. The van der Waals surface area contributed by atoms with Crippen molar-refractivity contribution >= 4 is 54.9 Å². The minimum atomic E-state index is -3.63. The van der Waals surface area contributed by atoms with Crippen LogP contribution in [0.25, 0.3) is 0 Å². The van der Waals surface area contributed by atoms with Gasteiger partial charge in [-0.15, -0.1) is 0 Å². The zero-order valence-corrected chi connectivity index (χ0v) is 11.1. The van der Waals surface area contributed by atoms with Crippen molar-refractivity contribution in [1.82, 2.24) is 0 Å². The average molecular weight is 360 g/mol. The maximum Gasteiger partial charge on any atom is 0.488 e. The molecule has 15 heavy (non-hydrogen) atoms. The monoisotopic (exact) mass is 360 g/mol. The summed E-state index contributed by atoms with van der Waals surface area (Å²) in [5.41, 5.74) is 0.678. The van der Waals surface area contributed by atoms with Gasteiger partial charge in [0.05, 0.1) is 5.75 Å². The van der Waals surface area contributed by atoms with E-state index >= 15 is 0 Å². The summed E-state index contributed by atoms with van der Waals surface area (Å²) < 4.78 is 22.4. The third-order valence-corrected chi connectivity index (χ3v) is 3.25. The maximum atomic E-state index is 10.8. The van der Waals surface area contributed by atoms with Gasteiger partial charge in [-0.1, -0.05) is 6.07 Å². The number of hydrogen-bond donors (Lipinski definition) is 2. The molecule has 8 heteroatoms. The highest BCUT2D eigenvalue weighted by Gasteiger charge is 2.14. The molecule has 0 saturated heterocycles. The molecule has 4 nitrogen and oxygen atoms in total. The van der Waals surface area contributed by atoms with Crippen LogP contribution in [-0.4, -0.2) is 25.6 Å². The van der Waals surface area contributed by atoms with Crippen molar-refractivity contribution in [3.8, 4) is 0 Å². The van der Waals surface area contributed by atoms with Gasteiger partial charge in [-0.3, -0.25) is 0 Å². The lowest BCUT2D eigenvalue weighted by atomic mass is 9.80. The lowest BCUT2D eigenvalue weighted by Gasteiger charge is -2.04. The van der Waals surface area contributed by atoms with Gasteiger partial charge in [0.1, 0.15) is 0 Å². The Kier molecular flexibility index (Phi) is 4.42. The van der Waals surface area contributed by atoms with Crippen molar-refractivity contribution < 1.29 is 18.5 Å². The Morgan fingerprint density at radius 2 is 1.93 bits per heavy atom. The molecule has 0 atom stereocenters. The molecule has 0 bridgehead atoms. The molecule has 0 heterocycles. The summed E-state index contributed by atoms with van der Waals surface area (Å²) in [5.74, 6) is -0.328. The molecule has 0 amide bonds. The SMILES string of the molecule is O=S(=O)(Cl)Cc1cc(I)cc(B(O)O)c1. The Morgan fingerprint density at radius 3 is 2.40 bits per heavy atom. The van der Waals surface area contributed by atoms with Crippen LogP contribution < -0.4 is 5.46 Å². The normalized spacial score (nSPS) is 11.5. The van der Waals surface area contributed by atoms with E-state index < -0.39 is 16.2 Å². The number of benzene rings is 1. The summed E-state index contributed by atoms with van der Waals surface area (Å²) in [4.78, 5) is 0. The quantitative estimate of drug-likeness (QED) is 0.454. The molecule has 1 rings (SSSR count). The number of hydrogen-bond acceptors (Lipinski definition) is 4. The second-order valence-corrected chi connectivity index (χ2v) is 6.97. The van der Waals surface area contributed by atoms with Crippen LogP contribution >= 0.6 is 33.3 Å². The van der Waals surface area contributed by atoms with E-state index in [9.17, 15) is 8.42 Å². The van der Waals surface area contributed by atoms with Gasteiger partial charge in [-0.25, -0.2) is 8.42 Å². The van der Waals surface area contributed by atoms with Gasteiger partial charge >= 0.3 is 7.12 Å². The van der Waals surface area contributed by atoms with Crippen molar-refractivity contribution in [1.29, 1.82) is 0 Å². The van der Waals surface area contributed by atoms with Gasteiger partial charge in [0.25, 0.3) is 0 Å². The highest BCUT2D eigenvalue weighted by atomic mass is 127. The van der Waals surface area contributed by atoms with E-state index in [1.54, 1.807) is 12.1 Å². The molecule has 1 aromatic carbocycles. The van der Waals surface area contributed by atoms with E-state index in [1.807, 2.05) is 22.6 Å². The second-order valence-electron chi connectivity index (χ2n) is 2.95. The fourth-order valence-corrected chi connectivity index (χ4v) is 2.81. The number of rotatable bonds is 3. The highest BCUT2D eigenvalue weighted by molar-refractivity contribution is 14.1. The van der Waals surface area contributed by atoms with E-state index in [0.717, 1.165) is 0 Å². The van der Waals surface area contributed by atoms with Gasteiger partial charge in [-0.2, -0.15) is 0 Å². The number of halogens is 2. The molecule has 0 spiro atoms. The maximum absolute atomic E-state index is 10.8. The van der Waals surface area contributed by atoms with Crippen LogP contribution in [0.1, 0.15) is 5.56 Å². The van der Waals surface area contributed by atoms with Crippen LogP contribution in [0.3, 0.4) is 0 Å². The Morgan fingerprint density at radius 1 is 1.33 bits per heavy atom. The third kappa shape index (κ3) is 4.69. The minimum Gasteiger partial charge on any atom is -0.423 e. The summed E-state index contributed by atoms with van der Waals surface area (Å²) >= 11 is 1.96. The summed E-state index contributed by atoms with van der Waals surface area (Å²) in [6.45, 7) is 0. The molecule has 1 aromatic rings. The molecule has 0 radical (unpaired) electrons. The van der Waals surface area contributed by atoms with Crippen LogP contribution in [0.5, 0.6) is 0 Å². The van der Waals surface area contributed by atoms with Crippen LogP contribution in [0.4, 0.5) is 0 Å². The van der Waals surface area contributed by atoms with Crippen molar-refractivity contribution in [2.24, 2.45) is 0 Å². The molecule has 0 unspecified atom stereocenters. The zero-order chi connectivity index (χ0) is 11.6. The molecule has 2 N–H and O–H groups in total. The fourth-order valence-electron chi connectivity index (χ4n) is 1.11. The second kappa shape index (κ2) is 5.00. The summed E-state index contributed by atoms with van der Waals surface area (Å²) in [7, 11) is -0.148. The molecule has 82 valence electrons. The van der Waals surface area contributed by atoms with Crippen molar-refractivity contribution in [3.05, 3.63) is 27.3 Å². The van der Waals surface area contributed by atoms with Crippen LogP contribution in [0.15, 0.2) is 18.2 Å². The van der Waals surface area contributed by atoms with Crippen molar-refractivity contribution in [2.75, 3.05) is 0 Å². The summed E-state index contributed by atoms with van der Waals surface area (Å²) in [6.07, 6.45) is 0. The fraction of sp³-hybridized carbons (Fsp3) is 0.143. The molecule has 0 aliphatic heterocycles. The van der Waals surface area contributed by atoms with Gasteiger partial charge in [-0.05, 0) is 45.7 Å². The lowest BCUT2D eigenvalue weighted by molar-refractivity contribution is 0.425. The third-order valence-electron chi connectivity index (χ3n) is 1.62. The van der Waals surface area contributed by atoms with Gasteiger partial charge < -0.3 is 10.0 Å². The Balaban J connectivity index is 3.10. The molecule has 0 aromatic heterocycles. The van der Waals surface area contributed by atoms with E-state index in [-0.39, 0.29) is 11.2 Å². The van der Waals surface area contributed by atoms with Gasteiger partial charge in [0.15, 0.2) is 0 Å². The lowest BCUT2D eigenvalue weighted by Crippen LogP contribution is -2.30. The first-order valence-corrected chi connectivity index (χ1v) is 7.41. The minimum absolute atomic E-state index is 0.247. The molecule has 0 fully saturated rings. The first-order chi connectivity index (χ1) is 6.78. The average Bonchev–Trinajstić information content (AvgIpc) is 1.99. The standard InChI is InChI=1S/C7H7BClIO4S/c9-15(13,14)4-5-1-6(8(11)12)3-7(10)2-5/h1-3,11-12H,4H2. The van der Waals surface area contributed by atoms with Crippen molar-refractivity contribution in [2.45, 2.75) is 5.75 Å². The van der Waals surface area contributed by atoms with E-state index in [4.69, 9.17) is 20.7 Å². The molecule has 0 aliphatic carbocycles. The largest absolute Gasteiger partial charge is 0.488 e. The molecule has 0 saturated carbocycles. The Hall–Kier alpha value is 0.175. The molecular formula is C7H7BClIO4S. The first-order valence-electron chi connectivity index (χ1n) is 3.86. The predicted molar refractivity (Wildman–Crippen MR) is 67.5 cm³/mol. The topological polar surface area (TPSA) is 74.6 Å². The smallest absolute Gasteiger partial charge is 0.423 e. The van der Waals surface area contributed by atoms with Crippen LogP contribution in [0, 0.1) is 3.57 Å². The Bertz CT molecular complexity index is 462. The highest BCUT2D eigenvalue weighted by Crippen LogP contribution is 2.12. The van der Waals surface area contributed by atoms with Crippen LogP contribution in [-0.2, 0) is 14.8 Å². The molecular weight excluding hydrogens is 353 g/mol. The van der Waals surface area contributed by atoms with Crippen LogP contribution in [0.2, 0.25) is 0 Å². The predicted octanol–water partition coefficient (Wildman–Crippen LogP) is 0.0396. The van der Waals surface area contributed by atoms with Gasteiger partial charge in [0, 0.05) is 14.3 Å². The van der Waals surface area contributed by atoms with E-state index in [0.29, 0.717) is 9.13 Å². The van der Waals surface area contributed by atoms with E-state index in [2.05, 4.69) is 0 Å².